The highest BCUT2D eigenvalue weighted by Crippen LogP contribution is 2.15. The van der Waals surface area contributed by atoms with Crippen molar-refractivity contribution in [3.8, 4) is 0 Å². The molecule has 0 saturated carbocycles. The van der Waals surface area contributed by atoms with Gasteiger partial charge in [0.25, 0.3) is 0 Å². The van der Waals surface area contributed by atoms with Gasteiger partial charge in [-0.25, -0.2) is 8.42 Å². The average Bonchev–Trinajstić information content (AvgIpc) is 2.78. The van der Waals surface area contributed by atoms with E-state index in [0.29, 0.717) is 19.6 Å². The predicted octanol–water partition coefficient (Wildman–Crippen LogP) is 0.428. The van der Waals surface area contributed by atoms with Crippen LogP contribution in [0.5, 0.6) is 0 Å². The van der Waals surface area contributed by atoms with Crippen LogP contribution >= 0.6 is 0 Å². The fourth-order valence-corrected chi connectivity index (χ4v) is 4.09. The third-order valence-electron chi connectivity index (χ3n) is 3.65. The van der Waals surface area contributed by atoms with Gasteiger partial charge >= 0.3 is 0 Å². The summed E-state index contributed by atoms with van der Waals surface area (Å²) in [7, 11) is -1.09. The Morgan fingerprint density at radius 2 is 2.05 bits per heavy atom. The summed E-state index contributed by atoms with van der Waals surface area (Å²) < 4.78 is 28.2. The summed E-state index contributed by atoms with van der Waals surface area (Å²) in [5, 5.41) is 2.84. The normalized spacial score (nSPS) is 20.8. The van der Waals surface area contributed by atoms with Crippen LogP contribution in [0.2, 0.25) is 0 Å². The van der Waals surface area contributed by atoms with Crippen LogP contribution in [0.4, 0.5) is 0 Å². The monoisotopic (exact) mass is 320 g/mol. The number of carbonyl (C=O) groups excluding carboxylic acids is 1. The molecule has 1 fully saturated rings. The van der Waals surface area contributed by atoms with Gasteiger partial charge in [0, 0.05) is 25.8 Å². The Morgan fingerprint density at radius 3 is 2.67 bits per heavy atom. The van der Waals surface area contributed by atoms with Gasteiger partial charge in [-0.05, 0) is 26.3 Å². The lowest BCUT2D eigenvalue weighted by atomic mass is 10.2. The van der Waals surface area contributed by atoms with Gasteiger partial charge in [-0.1, -0.05) is 13.3 Å². The summed E-state index contributed by atoms with van der Waals surface area (Å²) in [4.78, 5) is 13.6. The fourth-order valence-electron chi connectivity index (χ4n) is 2.29. The summed E-state index contributed by atoms with van der Waals surface area (Å²) in [6, 6.07) is -0.0295. The number of ether oxygens (including phenoxy) is 1. The van der Waals surface area contributed by atoms with Gasteiger partial charge in [-0.3, -0.25) is 9.69 Å². The summed E-state index contributed by atoms with van der Waals surface area (Å²) >= 11 is 0. The van der Waals surface area contributed by atoms with Gasteiger partial charge in [0.05, 0.1) is 18.1 Å². The van der Waals surface area contributed by atoms with Crippen molar-refractivity contribution in [2.75, 3.05) is 44.9 Å². The SMILES string of the molecule is CCCCOCCCNC(=O)CN(C)C1CCS(=O)(=O)C1. The molecule has 1 amide bonds. The van der Waals surface area contributed by atoms with Crippen LogP contribution in [0.1, 0.15) is 32.6 Å². The van der Waals surface area contributed by atoms with E-state index < -0.39 is 9.84 Å². The van der Waals surface area contributed by atoms with Gasteiger partial charge < -0.3 is 10.1 Å². The van der Waals surface area contributed by atoms with Crippen LogP contribution in [-0.2, 0) is 19.4 Å². The van der Waals surface area contributed by atoms with Gasteiger partial charge in [0.1, 0.15) is 0 Å². The van der Waals surface area contributed by atoms with Crippen LogP contribution < -0.4 is 5.32 Å². The maximum absolute atomic E-state index is 11.8. The lowest BCUT2D eigenvalue weighted by molar-refractivity contribution is -0.122. The first-order valence-corrected chi connectivity index (χ1v) is 9.52. The van der Waals surface area contributed by atoms with Crippen molar-refractivity contribution < 1.29 is 17.9 Å². The van der Waals surface area contributed by atoms with Crippen molar-refractivity contribution >= 4 is 15.7 Å². The van der Waals surface area contributed by atoms with E-state index in [2.05, 4.69) is 12.2 Å². The van der Waals surface area contributed by atoms with Gasteiger partial charge in [0.2, 0.25) is 5.91 Å². The highest BCUT2D eigenvalue weighted by atomic mass is 32.2. The minimum absolute atomic E-state index is 0.0295. The van der Waals surface area contributed by atoms with Crippen molar-refractivity contribution in [1.29, 1.82) is 0 Å². The van der Waals surface area contributed by atoms with E-state index in [-0.39, 0.29) is 30.0 Å². The first-order chi connectivity index (χ1) is 9.94. The second-order valence-electron chi connectivity index (χ2n) is 5.64. The number of nitrogens with zero attached hydrogens (tertiary/aromatic N) is 1. The molecule has 1 unspecified atom stereocenters. The van der Waals surface area contributed by atoms with E-state index in [0.717, 1.165) is 25.9 Å². The number of sulfone groups is 1. The van der Waals surface area contributed by atoms with Crippen LogP contribution in [0.15, 0.2) is 0 Å². The van der Waals surface area contributed by atoms with Crippen molar-refractivity contribution in [2.24, 2.45) is 0 Å². The molecule has 1 heterocycles. The van der Waals surface area contributed by atoms with E-state index >= 15 is 0 Å². The molecular weight excluding hydrogens is 292 g/mol. The molecule has 1 rings (SSSR count). The largest absolute Gasteiger partial charge is 0.381 e. The quantitative estimate of drug-likeness (QED) is 0.591. The van der Waals surface area contributed by atoms with E-state index in [1.807, 2.05) is 4.90 Å². The first-order valence-electron chi connectivity index (χ1n) is 7.69. The zero-order chi connectivity index (χ0) is 15.7. The Bertz CT molecular complexity index is 411. The molecular formula is C14H28N2O4S. The number of unbranched alkanes of at least 4 members (excludes halogenated alkanes) is 1. The Labute approximate surface area is 128 Å². The van der Waals surface area contributed by atoms with Crippen molar-refractivity contribution in [3.63, 3.8) is 0 Å². The Balaban J connectivity index is 2.08. The van der Waals surface area contributed by atoms with Crippen LogP contribution in [-0.4, -0.2) is 70.1 Å². The number of hydrogen-bond acceptors (Lipinski definition) is 5. The molecule has 0 aromatic rings. The van der Waals surface area contributed by atoms with Crippen molar-refractivity contribution in [2.45, 2.75) is 38.6 Å². The van der Waals surface area contributed by atoms with Crippen LogP contribution in [0, 0.1) is 0 Å². The topological polar surface area (TPSA) is 75.7 Å². The third-order valence-corrected chi connectivity index (χ3v) is 5.40. The minimum atomic E-state index is -2.90. The number of amides is 1. The molecule has 1 aliphatic heterocycles. The molecule has 0 aliphatic carbocycles. The maximum Gasteiger partial charge on any atom is 0.234 e. The number of hydrogen-bond donors (Lipinski definition) is 1. The summed E-state index contributed by atoms with van der Waals surface area (Å²) in [6.45, 7) is 4.41. The Hall–Kier alpha value is -0.660. The number of carbonyl (C=O) groups is 1. The zero-order valence-corrected chi connectivity index (χ0v) is 14.0. The molecule has 6 nitrogen and oxygen atoms in total. The predicted molar refractivity (Wildman–Crippen MR) is 83.0 cm³/mol. The van der Waals surface area contributed by atoms with E-state index in [1.54, 1.807) is 7.05 Å². The summed E-state index contributed by atoms with van der Waals surface area (Å²) in [5.74, 6) is 0.344. The number of nitrogens with one attached hydrogen (secondary N) is 1. The second-order valence-corrected chi connectivity index (χ2v) is 7.87. The molecule has 7 heteroatoms. The fraction of sp³-hybridized carbons (Fsp3) is 0.929. The van der Waals surface area contributed by atoms with E-state index in [9.17, 15) is 13.2 Å². The minimum Gasteiger partial charge on any atom is -0.381 e. The Morgan fingerprint density at radius 1 is 1.33 bits per heavy atom. The molecule has 0 spiro atoms. The van der Waals surface area contributed by atoms with Crippen LogP contribution in [0.25, 0.3) is 0 Å². The van der Waals surface area contributed by atoms with Crippen molar-refractivity contribution in [1.82, 2.24) is 10.2 Å². The first kappa shape index (κ1) is 18.4. The highest BCUT2D eigenvalue weighted by Gasteiger charge is 2.31. The lowest BCUT2D eigenvalue weighted by Crippen LogP contribution is -2.41. The Kier molecular flexibility index (Phi) is 8.21. The molecule has 1 aliphatic rings. The summed E-state index contributed by atoms with van der Waals surface area (Å²) in [6.07, 6.45) is 3.62. The zero-order valence-electron chi connectivity index (χ0n) is 13.1. The molecule has 0 bridgehead atoms. The molecule has 0 aromatic heterocycles. The molecule has 1 saturated heterocycles. The van der Waals surface area contributed by atoms with Gasteiger partial charge in [0.15, 0.2) is 9.84 Å². The van der Waals surface area contributed by atoms with E-state index in [1.165, 1.54) is 0 Å². The molecule has 124 valence electrons. The van der Waals surface area contributed by atoms with Gasteiger partial charge in [-0.15, -0.1) is 0 Å². The highest BCUT2D eigenvalue weighted by molar-refractivity contribution is 7.91. The molecule has 1 atom stereocenters. The standard InChI is InChI=1S/C14H28N2O4S/c1-3-4-8-20-9-5-7-15-14(17)11-16(2)13-6-10-21(18,19)12-13/h13H,3-12H2,1-2H3,(H,15,17). The smallest absolute Gasteiger partial charge is 0.234 e. The van der Waals surface area contributed by atoms with Crippen molar-refractivity contribution in [3.05, 3.63) is 0 Å². The lowest BCUT2D eigenvalue weighted by Gasteiger charge is -2.22. The third kappa shape index (κ3) is 7.78. The van der Waals surface area contributed by atoms with Crippen LogP contribution in [0.3, 0.4) is 0 Å². The molecule has 21 heavy (non-hydrogen) atoms. The maximum atomic E-state index is 11.8. The molecule has 1 N–H and O–H groups in total. The molecule has 0 radical (unpaired) electrons. The number of likely N-dealkylation sites (N-methyl/N-ethyl adjacent to an activating group) is 1. The average molecular weight is 320 g/mol. The molecule has 0 aromatic carbocycles. The number of rotatable bonds is 10. The van der Waals surface area contributed by atoms with E-state index in [4.69, 9.17) is 4.74 Å². The summed E-state index contributed by atoms with van der Waals surface area (Å²) in [5.41, 5.74) is 0. The second kappa shape index (κ2) is 9.38. The van der Waals surface area contributed by atoms with Gasteiger partial charge in [-0.2, -0.15) is 0 Å².